The number of hydrogen-bond acceptors (Lipinski definition) is 2. The van der Waals surface area contributed by atoms with Crippen molar-refractivity contribution in [1.82, 2.24) is 0 Å². The highest BCUT2D eigenvalue weighted by Gasteiger charge is 2.59. The van der Waals surface area contributed by atoms with Crippen molar-refractivity contribution in [2.45, 2.75) is 148 Å². The van der Waals surface area contributed by atoms with E-state index in [0.29, 0.717) is 11.3 Å². The zero-order valence-corrected chi connectivity index (χ0v) is 32.8. The molecule has 2 aromatic rings. The van der Waals surface area contributed by atoms with Crippen molar-refractivity contribution in [3.63, 3.8) is 0 Å². The number of hydrogen-bond donors (Lipinski definition) is 0. The number of rotatable bonds is 5. The maximum Gasteiger partial charge on any atom is 0.124 e. The van der Waals surface area contributed by atoms with Gasteiger partial charge in [0, 0.05) is 18.0 Å². The molecule has 0 N–H and O–H groups in total. The molecule has 2 unspecified atom stereocenters. The first kappa shape index (κ1) is 35.0. The van der Waals surface area contributed by atoms with Crippen molar-refractivity contribution >= 4 is 46.9 Å². The minimum atomic E-state index is -2.06. The van der Waals surface area contributed by atoms with Gasteiger partial charge >= 0.3 is 0 Å². The molecule has 4 aliphatic rings. The van der Waals surface area contributed by atoms with Crippen LogP contribution in [-0.4, -0.2) is 26.8 Å². The van der Waals surface area contributed by atoms with E-state index in [0.717, 1.165) is 12.8 Å². The molecule has 3 aliphatic carbocycles. The van der Waals surface area contributed by atoms with E-state index >= 15 is 0 Å². The molecule has 0 saturated heterocycles. The molecule has 2 atom stereocenters. The van der Waals surface area contributed by atoms with Crippen molar-refractivity contribution in [1.29, 1.82) is 0 Å². The van der Waals surface area contributed by atoms with Crippen LogP contribution in [0, 0.1) is 47.0 Å². The van der Waals surface area contributed by atoms with Gasteiger partial charge in [0.2, 0.25) is 0 Å². The van der Waals surface area contributed by atoms with Gasteiger partial charge in [-0.3, -0.25) is 0 Å². The highest BCUT2D eigenvalue weighted by molar-refractivity contribution is 7.79. The van der Waals surface area contributed by atoms with Crippen molar-refractivity contribution < 1.29 is 0 Å². The van der Waals surface area contributed by atoms with Crippen LogP contribution in [0.15, 0.2) is 54.1 Å². The number of nitrogens with zero attached hydrogens (tertiary/aromatic N) is 2. The molecule has 0 aromatic heterocycles. The topological polar surface area (TPSA) is 6.48 Å². The van der Waals surface area contributed by atoms with E-state index in [1.54, 1.807) is 0 Å². The summed E-state index contributed by atoms with van der Waals surface area (Å²) in [7, 11) is 0. The van der Waals surface area contributed by atoms with Crippen molar-refractivity contribution in [2.75, 3.05) is 9.80 Å². The Labute approximate surface area is 296 Å². The fourth-order valence-corrected chi connectivity index (χ4v) is 18.1. The number of alkyl halides is 2. The van der Waals surface area contributed by atoms with Crippen LogP contribution in [0.4, 0.5) is 11.4 Å². The second-order valence-corrected chi connectivity index (χ2v) is 21.8. The number of halogens is 2. The maximum absolute atomic E-state index is 8.68. The third kappa shape index (κ3) is 6.14. The fraction of sp³-hybridized carbons (Fsp3) is 0.571. The second kappa shape index (κ2) is 13.1. The lowest BCUT2D eigenvalue weighted by Crippen LogP contribution is -2.38. The second-order valence-electron chi connectivity index (χ2n) is 16.3. The molecule has 0 spiro atoms. The van der Waals surface area contributed by atoms with Gasteiger partial charge < -0.3 is 9.80 Å². The van der Waals surface area contributed by atoms with Crippen molar-refractivity contribution in [3.05, 3.63) is 87.5 Å². The van der Waals surface area contributed by atoms with Gasteiger partial charge in [-0.05, 0) is 132 Å². The number of anilines is 2. The predicted molar refractivity (Wildman–Crippen MR) is 210 cm³/mol. The van der Waals surface area contributed by atoms with Gasteiger partial charge in [0.15, 0.2) is 0 Å². The monoisotopic (exact) mass is 690 g/mol. The molecular weight excluding hydrogens is 634 g/mol. The molecule has 47 heavy (non-hydrogen) atoms. The highest BCUT2D eigenvalue weighted by Crippen LogP contribution is 2.78. The van der Waals surface area contributed by atoms with Crippen molar-refractivity contribution in [2.24, 2.45) is 5.41 Å². The Bertz CT molecular complexity index is 1560. The number of allylic oxidation sites excluding steroid dienone is 2. The summed E-state index contributed by atoms with van der Waals surface area (Å²) >= 11 is 16.4. The summed E-state index contributed by atoms with van der Waals surface area (Å²) in [5.74, 6) is 1.17. The van der Waals surface area contributed by atoms with Crippen LogP contribution < -0.4 is 9.80 Å². The highest BCUT2D eigenvalue weighted by atomic mass is 35.5. The van der Waals surface area contributed by atoms with Crippen molar-refractivity contribution in [3.8, 4) is 0 Å². The van der Waals surface area contributed by atoms with Gasteiger partial charge in [0.25, 0.3) is 0 Å². The first-order chi connectivity index (χ1) is 22.2. The van der Waals surface area contributed by atoms with Gasteiger partial charge in [-0.1, -0.05) is 81.8 Å². The summed E-state index contributed by atoms with van der Waals surface area (Å²) in [6.07, 6.45) is 19.2. The molecule has 0 bridgehead atoms. The lowest BCUT2D eigenvalue weighted by atomic mass is 9.98. The minimum absolute atomic E-state index is 0.0429. The standard InChI is InChI=1S/C42H57Cl2N2P/c1-28-24-30(3)38(31(4)25-28)45-21-22-46(39-32(5)26-29(2)27-33(39)6)40(45)37-36(43)18-19-42(37,44)47(23-20-41(7,8)9,34-14-10-11-15-34)35-16-12-13-17-35/h20-22,24-27,34-36H,10-19H2,1-9H3. The first-order valence-corrected chi connectivity index (χ1v) is 20.9. The van der Waals surface area contributed by atoms with E-state index < -0.39 is 11.5 Å². The van der Waals surface area contributed by atoms with Crippen LogP contribution in [0.3, 0.4) is 0 Å². The normalized spacial score (nSPS) is 24.3. The summed E-state index contributed by atoms with van der Waals surface area (Å²) < 4.78 is -0.540. The number of benzene rings is 2. The van der Waals surface area contributed by atoms with Gasteiger partial charge in [0.1, 0.15) is 5.82 Å². The van der Waals surface area contributed by atoms with Gasteiger partial charge in [-0.25, -0.2) is 0 Å². The smallest absolute Gasteiger partial charge is 0.124 e. The molecule has 1 aliphatic heterocycles. The molecule has 2 aromatic carbocycles. The Hall–Kier alpha value is -1.82. The third-order valence-corrected chi connectivity index (χ3v) is 18.6. The molecule has 1 heterocycles. The number of aryl methyl sites for hydroxylation is 6. The zero-order chi connectivity index (χ0) is 33.9. The molecule has 6 rings (SSSR count). The van der Waals surface area contributed by atoms with Gasteiger partial charge in [-0.2, -0.15) is 0 Å². The Morgan fingerprint density at radius 3 is 1.51 bits per heavy atom. The maximum atomic E-state index is 8.68. The molecule has 5 heteroatoms. The average Bonchev–Trinajstić information content (AvgIpc) is 3.78. The van der Waals surface area contributed by atoms with Crippen LogP contribution in [0.25, 0.3) is 0 Å². The summed E-state index contributed by atoms with van der Waals surface area (Å²) in [5, 5.41) is -0.136. The quantitative estimate of drug-likeness (QED) is 0.227. The Kier molecular flexibility index (Phi) is 9.79. The molecule has 0 amide bonds. The summed E-state index contributed by atoms with van der Waals surface area (Å²) in [6, 6.07) is 9.27. The van der Waals surface area contributed by atoms with E-state index in [4.69, 9.17) is 23.2 Å². The minimum Gasteiger partial charge on any atom is -0.301 e. The van der Waals surface area contributed by atoms with E-state index in [-0.39, 0.29) is 10.8 Å². The predicted octanol–water partition coefficient (Wildman–Crippen LogP) is 12.8. The van der Waals surface area contributed by atoms with E-state index in [1.807, 2.05) is 0 Å². The van der Waals surface area contributed by atoms with E-state index in [9.17, 15) is 0 Å². The average molecular weight is 692 g/mol. The van der Waals surface area contributed by atoms with Crippen LogP contribution in [0.5, 0.6) is 0 Å². The summed E-state index contributed by atoms with van der Waals surface area (Å²) in [5.41, 5.74) is 17.1. The Balaban J connectivity index is 1.72. The SMILES string of the molecule is Cc1cc(C)c(N2C=CN(c3c(C)cc(C)cc3C)C2=C2C(Cl)CCC2(Cl)P(=C=CC(C)(C)C)(C2CCCC2)C2CCCC2)c(C)c1. The Morgan fingerprint density at radius 2 is 1.13 bits per heavy atom. The zero-order valence-electron chi connectivity index (χ0n) is 30.4. The molecule has 3 fully saturated rings. The molecule has 2 nitrogen and oxygen atoms in total. The summed E-state index contributed by atoms with van der Waals surface area (Å²) in [6.45, 7) is 18.3. The summed E-state index contributed by atoms with van der Waals surface area (Å²) in [4.78, 5) is 4.92. The van der Waals surface area contributed by atoms with E-state index in [1.165, 1.54) is 108 Å². The van der Waals surface area contributed by atoms with Crippen LogP contribution in [-0.2, 0) is 0 Å². The largest absolute Gasteiger partial charge is 0.301 e. The first-order valence-electron chi connectivity index (χ1n) is 18.2. The lowest BCUT2D eigenvalue weighted by Gasteiger charge is -2.48. The van der Waals surface area contributed by atoms with Crippen LogP contribution >= 0.6 is 30.1 Å². The van der Waals surface area contributed by atoms with E-state index in [2.05, 4.69) is 120 Å². The molecule has 254 valence electrons. The molecule has 3 saturated carbocycles. The van der Waals surface area contributed by atoms with Gasteiger partial charge in [0.05, 0.1) is 21.4 Å². The Morgan fingerprint density at radius 1 is 0.723 bits per heavy atom. The van der Waals surface area contributed by atoms with Crippen LogP contribution in [0.1, 0.15) is 118 Å². The fourth-order valence-electron chi connectivity index (χ4n) is 9.76. The molecule has 0 radical (unpaired) electrons. The van der Waals surface area contributed by atoms with Crippen LogP contribution in [0.2, 0.25) is 0 Å². The third-order valence-electron chi connectivity index (χ3n) is 11.4. The lowest BCUT2D eigenvalue weighted by molar-refractivity contribution is 0.549. The van der Waals surface area contributed by atoms with Gasteiger partial charge in [-0.15, -0.1) is 28.7 Å². The molecular formula is C42H57Cl2N2P.